The lowest BCUT2D eigenvalue weighted by Gasteiger charge is -2.24. The van der Waals surface area contributed by atoms with Gasteiger partial charge in [0, 0.05) is 37.9 Å². The van der Waals surface area contributed by atoms with Crippen LogP contribution in [-0.2, 0) is 6.54 Å². The standard InChI is InChI=1S/C17H29N5O.HI/c1-4-22-11-7-9-15(22)13-21-17(18-3)20-12-14-8-6-10-19-16(14)23-5-2;/h6,8,10,15H,4-5,7,9,11-13H2,1-3H3,(H2,18,20,21);1H. The van der Waals surface area contributed by atoms with Crippen molar-refractivity contribution in [3.63, 3.8) is 0 Å². The minimum Gasteiger partial charge on any atom is -0.478 e. The van der Waals surface area contributed by atoms with Gasteiger partial charge in [-0.3, -0.25) is 9.89 Å². The van der Waals surface area contributed by atoms with Crippen molar-refractivity contribution in [2.75, 3.05) is 33.3 Å². The van der Waals surface area contributed by atoms with Crippen LogP contribution in [0.4, 0.5) is 0 Å². The van der Waals surface area contributed by atoms with Crippen molar-refractivity contribution in [2.24, 2.45) is 4.99 Å². The van der Waals surface area contributed by atoms with Gasteiger partial charge < -0.3 is 15.4 Å². The molecule has 1 aromatic heterocycles. The summed E-state index contributed by atoms with van der Waals surface area (Å²) < 4.78 is 5.55. The average Bonchev–Trinajstić information content (AvgIpc) is 3.04. The first-order chi connectivity index (χ1) is 11.3. The second-order valence-electron chi connectivity index (χ2n) is 5.63. The van der Waals surface area contributed by atoms with Gasteiger partial charge in [0.15, 0.2) is 5.96 Å². The number of aliphatic imine (C=N–C) groups is 1. The molecule has 0 radical (unpaired) electrons. The summed E-state index contributed by atoms with van der Waals surface area (Å²) in [6, 6.07) is 4.55. The zero-order valence-electron chi connectivity index (χ0n) is 14.9. The topological polar surface area (TPSA) is 61.8 Å². The van der Waals surface area contributed by atoms with E-state index >= 15 is 0 Å². The summed E-state index contributed by atoms with van der Waals surface area (Å²) in [4.78, 5) is 11.1. The van der Waals surface area contributed by atoms with Crippen LogP contribution in [0.1, 0.15) is 32.3 Å². The van der Waals surface area contributed by atoms with E-state index in [0.29, 0.717) is 25.1 Å². The van der Waals surface area contributed by atoms with E-state index in [4.69, 9.17) is 4.74 Å². The molecule has 0 bridgehead atoms. The highest BCUT2D eigenvalue weighted by molar-refractivity contribution is 14.0. The smallest absolute Gasteiger partial charge is 0.218 e. The molecule has 136 valence electrons. The monoisotopic (exact) mass is 447 g/mol. The molecule has 2 N–H and O–H groups in total. The fourth-order valence-corrected chi connectivity index (χ4v) is 2.98. The molecule has 1 atom stereocenters. The normalized spacial score (nSPS) is 18.1. The minimum atomic E-state index is 0. The SMILES string of the molecule is CCOc1ncccc1CNC(=NC)NCC1CCCN1CC.I. The molecule has 2 heterocycles. The number of likely N-dealkylation sites (N-methyl/N-ethyl adjacent to an activating group) is 1. The maximum atomic E-state index is 5.55. The molecular formula is C17H30IN5O. The van der Waals surface area contributed by atoms with Crippen molar-refractivity contribution in [1.82, 2.24) is 20.5 Å². The van der Waals surface area contributed by atoms with E-state index in [-0.39, 0.29) is 24.0 Å². The Morgan fingerprint density at radius 1 is 1.42 bits per heavy atom. The number of aromatic nitrogens is 1. The highest BCUT2D eigenvalue weighted by atomic mass is 127. The second-order valence-corrected chi connectivity index (χ2v) is 5.63. The molecule has 0 spiro atoms. The predicted molar refractivity (Wildman–Crippen MR) is 109 cm³/mol. The molecule has 1 saturated heterocycles. The molecular weight excluding hydrogens is 417 g/mol. The first kappa shape index (κ1) is 21.0. The zero-order valence-corrected chi connectivity index (χ0v) is 17.2. The number of ether oxygens (including phenoxy) is 1. The van der Waals surface area contributed by atoms with Crippen LogP contribution in [0.5, 0.6) is 5.88 Å². The maximum absolute atomic E-state index is 5.55. The third kappa shape index (κ3) is 6.08. The Balaban J connectivity index is 0.00000288. The molecule has 0 saturated carbocycles. The van der Waals surface area contributed by atoms with Gasteiger partial charge in [0.1, 0.15) is 0 Å². The molecule has 1 fully saturated rings. The number of pyridine rings is 1. The average molecular weight is 447 g/mol. The third-order valence-electron chi connectivity index (χ3n) is 4.21. The van der Waals surface area contributed by atoms with Gasteiger partial charge in [-0.25, -0.2) is 4.98 Å². The summed E-state index contributed by atoms with van der Waals surface area (Å²) in [6.45, 7) is 8.71. The minimum absolute atomic E-state index is 0. The molecule has 0 aliphatic carbocycles. The van der Waals surface area contributed by atoms with Gasteiger partial charge in [0.25, 0.3) is 0 Å². The lowest BCUT2D eigenvalue weighted by Crippen LogP contribution is -2.44. The number of nitrogens with one attached hydrogen (secondary N) is 2. The Morgan fingerprint density at radius 2 is 2.25 bits per heavy atom. The van der Waals surface area contributed by atoms with Crippen LogP contribution in [0.15, 0.2) is 23.3 Å². The Bertz CT molecular complexity index is 512. The molecule has 1 unspecified atom stereocenters. The Labute approximate surface area is 162 Å². The van der Waals surface area contributed by atoms with Crippen LogP contribution in [0.25, 0.3) is 0 Å². The number of nitrogens with zero attached hydrogens (tertiary/aromatic N) is 3. The Kier molecular flexibility index (Phi) is 10.0. The highest BCUT2D eigenvalue weighted by Crippen LogP contribution is 2.16. The van der Waals surface area contributed by atoms with Crippen molar-refractivity contribution in [2.45, 2.75) is 39.3 Å². The Hall–Kier alpha value is -1.09. The molecule has 24 heavy (non-hydrogen) atoms. The Morgan fingerprint density at radius 3 is 2.96 bits per heavy atom. The summed E-state index contributed by atoms with van der Waals surface area (Å²) in [7, 11) is 1.80. The molecule has 1 aliphatic rings. The van der Waals surface area contributed by atoms with Crippen LogP contribution in [-0.4, -0.2) is 55.2 Å². The van der Waals surface area contributed by atoms with E-state index < -0.39 is 0 Å². The van der Waals surface area contributed by atoms with Gasteiger partial charge >= 0.3 is 0 Å². The molecule has 7 heteroatoms. The first-order valence-corrected chi connectivity index (χ1v) is 8.53. The van der Waals surface area contributed by atoms with E-state index in [2.05, 4.69) is 32.4 Å². The molecule has 0 aromatic carbocycles. The summed E-state index contributed by atoms with van der Waals surface area (Å²) in [5, 5.41) is 6.78. The van der Waals surface area contributed by atoms with Crippen LogP contribution in [0.3, 0.4) is 0 Å². The third-order valence-corrected chi connectivity index (χ3v) is 4.21. The van der Waals surface area contributed by atoms with Crippen LogP contribution >= 0.6 is 24.0 Å². The van der Waals surface area contributed by atoms with Gasteiger partial charge in [-0.2, -0.15) is 0 Å². The van der Waals surface area contributed by atoms with E-state index in [9.17, 15) is 0 Å². The predicted octanol–water partition coefficient (Wildman–Crippen LogP) is 2.25. The van der Waals surface area contributed by atoms with E-state index in [1.807, 2.05) is 19.1 Å². The summed E-state index contributed by atoms with van der Waals surface area (Å²) >= 11 is 0. The summed E-state index contributed by atoms with van der Waals surface area (Å²) in [5.74, 6) is 1.50. The van der Waals surface area contributed by atoms with Gasteiger partial charge in [0.2, 0.25) is 5.88 Å². The van der Waals surface area contributed by atoms with Gasteiger partial charge in [-0.15, -0.1) is 24.0 Å². The number of hydrogen-bond donors (Lipinski definition) is 2. The molecule has 1 aromatic rings. The second kappa shape index (κ2) is 11.5. The lowest BCUT2D eigenvalue weighted by molar-refractivity contribution is 0.267. The fourth-order valence-electron chi connectivity index (χ4n) is 2.98. The van der Waals surface area contributed by atoms with E-state index in [1.54, 1.807) is 13.2 Å². The lowest BCUT2D eigenvalue weighted by atomic mass is 10.2. The quantitative estimate of drug-likeness (QED) is 0.382. The zero-order chi connectivity index (χ0) is 16.5. The largest absolute Gasteiger partial charge is 0.478 e. The number of rotatable bonds is 7. The van der Waals surface area contributed by atoms with Crippen molar-refractivity contribution in [1.29, 1.82) is 0 Å². The van der Waals surface area contributed by atoms with Gasteiger partial charge in [0.05, 0.1) is 6.61 Å². The first-order valence-electron chi connectivity index (χ1n) is 8.53. The summed E-state index contributed by atoms with van der Waals surface area (Å²) in [6.07, 6.45) is 4.30. The van der Waals surface area contributed by atoms with Gasteiger partial charge in [-0.1, -0.05) is 13.0 Å². The highest BCUT2D eigenvalue weighted by Gasteiger charge is 2.22. The van der Waals surface area contributed by atoms with Crippen molar-refractivity contribution in [3.05, 3.63) is 23.9 Å². The van der Waals surface area contributed by atoms with Crippen molar-refractivity contribution in [3.8, 4) is 5.88 Å². The molecule has 1 aliphatic heterocycles. The summed E-state index contributed by atoms with van der Waals surface area (Å²) in [5.41, 5.74) is 1.04. The van der Waals surface area contributed by atoms with Crippen LogP contribution < -0.4 is 15.4 Å². The van der Waals surface area contributed by atoms with Gasteiger partial charge in [-0.05, 0) is 38.9 Å². The molecule has 0 amide bonds. The number of guanidine groups is 1. The maximum Gasteiger partial charge on any atom is 0.218 e. The number of hydrogen-bond acceptors (Lipinski definition) is 4. The van der Waals surface area contributed by atoms with Crippen LogP contribution in [0.2, 0.25) is 0 Å². The van der Waals surface area contributed by atoms with Crippen molar-refractivity contribution < 1.29 is 4.74 Å². The van der Waals surface area contributed by atoms with E-state index in [1.165, 1.54) is 19.4 Å². The molecule has 2 rings (SSSR count). The number of halogens is 1. The van der Waals surface area contributed by atoms with Crippen LogP contribution in [0, 0.1) is 0 Å². The van der Waals surface area contributed by atoms with Crippen molar-refractivity contribution >= 4 is 29.9 Å². The number of likely N-dealkylation sites (tertiary alicyclic amines) is 1. The fraction of sp³-hybridized carbons (Fsp3) is 0.647. The van der Waals surface area contributed by atoms with E-state index in [0.717, 1.165) is 24.6 Å². The molecule has 6 nitrogen and oxygen atoms in total.